The van der Waals surface area contributed by atoms with Crippen LogP contribution in [0.4, 0.5) is 0 Å². The maximum atomic E-state index is 10.2. The van der Waals surface area contributed by atoms with Crippen LogP contribution in [0.3, 0.4) is 0 Å². The van der Waals surface area contributed by atoms with Crippen molar-refractivity contribution in [3.8, 4) is 0 Å². The fourth-order valence-corrected chi connectivity index (χ4v) is 0.851. The molecule has 0 saturated carbocycles. The molecule has 1 aromatic rings. The van der Waals surface area contributed by atoms with Gasteiger partial charge in [0.2, 0.25) is 0 Å². The number of carboxylic acid groups (broad SMARTS) is 2. The summed E-state index contributed by atoms with van der Waals surface area (Å²) in [7, 11) is 3.43. The van der Waals surface area contributed by atoms with Crippen LogP contribution in [-0.4, -0.2) is 47.7 Å². The summed E-state index contributed by atoms with van der Waals surface area (Å²) in [5, 5.41) is 16.4. The third kappa shape index (κ3) is 10.9. The van der Waals surface area contributed by atoms with Gasteiger partial charge in [0, 0.05) is 17.1 Å². The first kappa shape index (κ1) is 18.0. The van der Waals surface area contributed by atoms with Gasteiger partial charge in [0.05, 0.1) is 12.1 Å². The van der Waals surface area contributed by atoms with Crippen LogP contribution in [-0.2, 0) is 21.9 Å². The van der Waals surface area contributed by atoms with Gasteiger partial charge >= 0.3 is 11.9 Å². The van der Waals surface area contributed by atoms with E-state index in [1.807, 2.05) is 0 Å². The van der Waals surface area contributed by atoms with Crippen LogP contribution in [0.15, 0.2) is 30.3 Å². The summed E-state index contributed by atoms with van der Waals surface area (Å²) in [6, 6.07) is 8.30. The van der Waals surface area contributed by atoms with E-state index in [1.165, 1.54) is 0 Å². The molecule has 5 nitrogen and oxygen atoms in total. The molecule has 6 heteroatoms. The molecule has 0 amide bonds. The molecule has 2 N–H and O–H groups in total. The normalized spacial score (nSPS) is 8.65. The average molecular weight is 289 g/mol. The standard InChI is InChI=1S/C7H6O2.C4H9NO2.Cu/c8-7(9)6-4-2-1-3-5-6;1-5(2)3-4(6)7;/h1-5H,(H,8,9);3H2,1-2H3,(H,6,7);. The largest absolute Gasteiger partial charge is 0.480 e. The van der Waals surface area contributed by atoms with Crippen molar-refractivity contribution in [2.24, 2.45) is 0 Å². The van der Waals surface area contributed by atoms with E-state index in [4.69, 9.17) is 10.2 Å². The van der Waals surface area contributed by atoms with E-state index in [0.717, 1.165) is 0 Å². The average Bonchev–Trinajstić information content (AvgIpc) is 2.17. The van der Waals surface area contributed by atoms with Crippen LogP contribution < -0.4 is 0 Å². The monoisotopic (exact) mass is 288 g/mol. The van der Waals surface area contributed by atoms with Gasteiger partial charge in [-0.25, -0.2) is 4.79 Å². The number of hydrogen-bond acceptors (Lipinski definition) is 3. The van der Waals surface area contributed by atoms with Crippen molar-refractivity contribution in [1.82, 2.24) is 4.90 Å². The molecular weight excluding hydrogens is 274 g/mol. The van der Waals surface area contributed by atoms with Crippen LogP contribution in [0.2, 0.25) is 0 Å². The Hall–Kier alpha value is -1.36. The van der Waals surface area contributed by atoms with Gasteiger partial charge in [0.1, 0.15) is 0 Å². The third-order valence-corrected chi connectivity index (χ3v) is 1.47. The molecule has 1 rings (SSSR count). The molecule has 99 valence electrons. The molecule has 0 aliphatic rings. The molecule has 0 saturated heterocycles. The summed E-state index contributed by atoms with van der Waals surface area (Å²) in [5.41, 5.74) is 0.331. The van der Waals surface area contributed by atoms with Crippen LogP contribution in [0.25, 0.3) is 0 Å². The molecule has 1 radical (unpaired) electrons. The fourth-order valence-electron chi connectivity index (χ4n) is 0.851. The van der Waals surface area contributed by atoms with Crippen molar-refractivity contribution in [2.45, 2.75) is 0 Å². The minimum absolute atomic E-state index is 0. The molecular formula is C11H15CuNO4. The summed E-state index contributed by atoms with van der Waals surface area (Å²) >= 11 is 0. The third-order valence-electron chi connectivity index (χ3n) is 1.47. The van der Waals surface area contributed by atoms with Crippen LogP contribution in [0.5, 0.6) is 0 Å². The number of likely N-dealkylation sites (N-methyl/N-ethyl adjacent to an activating group) is 1. The summed E-state index contributed by atoms with van der Waals surface area (Å²) < 4.78 is 0. The predicted octanol–water partition coefficient (Wildman–Crippen LogP) is 1.01. The summed E-state index contributed by atoms with van der Waals surface area (Å²) in [4.78, 5) is 21.6. The molecule has 0 aliphatic heterocycles. The molecule has 0 atom stereocenters. The Morgan fingerprint density at radius 1 is 1.12 bits per heavy atom. The first-order chi connectivity index (χ1) is 7.43. The number of carbonyl (C=O) groups is 2. The Kier molecular flexibility index (Phi) is 10.4. The quantitative estimate of drug-likeness (QED) is 0.812. The van der Waals surface area contributed by atoms with Gasteiger partial charge in [-0.05, 0) is 26.2 Å². The first-order valence-electron chi connectivity index (χ1n) is 4.58. The topological polar surface area (TPSA) is 77.8 Å². The van der Waals surface area contributed by atoms with Crippen molar-refractivity contribution in [2.75, 3.05) is 20.6 Å². The minimum Gasteiger partial charge on any atom is -0.480 e. The molecule has 17 heavy (non-hydrogen) atoms. The van der Waals surface area contributed by atoms with Gasteiger partial charge < -0.3 is 10.2 Å². The van der Waals surface area contributed by atoms with E-state index in [1.54, 1.807) is 49.3 Å². The van der Waals surface area contributed by atoms with E-state index in [9.17, 15) is 9.59 Å². The Morgan fingerprint density at radius 3 is 1.76 bits per heavy atom. The Morgan fingerprint density at radius 2 is 1.59 bits per heavy atom. The Bertz CT molecular complexity index is 341. The second-order valence-electron chi connectivity index (χ2n) is 3.30. The number of carboxylic acids is 2. The van der Waals surface area contributed by atoms with Gasteiger partial charge in [-0.15, -0.1) is 0 Å². The molecule has 0 aromatic heterocycles. The molecule has 0 fully saturated rings. The van der Waals surface area contributed by atoms with E-state index in [0.29, 0.717) is 5.56 Å². The maximum absolute atomic E-state index is 10.2. The second-order valence-corrected chi connectivity index (χ2v) is 3.30. The molecule has 0 spiro atoms. The minimum atomic E-state index is -0.879. The molecule has 0 heterocycles. The number of aliphatic carboxylic acids is 1. The molecule has 0 bridgehead atoms. The summed E-state index contributed by atoms with van der Waals surface area (Å²) in [5.74, 6) is -1.67. The van der Waals surface area contributed by atoms with Gasteiger partial charge in [0.15, 0.2) is 0 Å². The molecule has 0 aliphatic carbocycles. The maximum Gasteiger partial charge on any atom is 0.335 e. The smallest absolute Gasteiger partial charge is 0.335 e. The Balaban J connectivity index is 0. The van der Waals surface area contributed by atoms with Gasteiger partial charge in [-0.3, -0.25) is 9.69 Å². The van der Waals surface area contributed by atoms with Crippen molar-refractivity contribution in [1.29, 1.82) is 0 Å². The zero-order chi connectivity index (χ0) is 12.6. The number of rotatable bonds is 3. The zero-order valence-corrected chi connectivity index (χ0v) is 10.5. The first-order valence-corrected chi connectivity index (χ1v) is 4.58. The van der Waals surface area contributed by atoms with E-state index in [-0.39, 0.29) is 23.6 Å². The van der Waals surface area contributed by atoms with Crippen molar-refractivity contribution >= 4 is 11.9 Å². The molecule has 1 aromatic carbocycles. The fraction of sp³-hybridized carbons (Fsp3) is 0.273. The van der Waals surface area contributed by atoms with Crippen LogP contribution in [0.1, 0.15) is 10.4 Å². The number of benzene rings is 1. The SMILES string of the molecule is CN(C)CC(=O)O.O=C(O)c1ccccc1.[Cu]. The van der Waals surface area contributed by atoms with Crippen LogP contribution in [0, 0.1) is 0 Å². The zero-order valence-electron chi connectivity index (χ0n) is 9.55. The van der Waals surface area contributed by atoms with Gasteiger partial charge in [-0.2, -0.15) is 0 Å². The van der Waals surface area contributed by atoms with Crippen molar-refractivity contribution < 1.29 is 36.9 Å². The number of hydrogen-bond donors (Lipinski definition) is 2. The second kappa shape index (κ2) is 9.84. The van der Waals surface area contributed by atoms with Gasteiger partial charge in [0.25, 0.3) is 0 Å². The van der Waals surface area contributed by atoms with E-state index >= 15 is 0 Å². The van der Waals surface area contributed by atoms with E-state index in [2.05, 4.69) is 0 Å². The van der Waals surface area contributed by atoms with Gasteiger partial charge in [-0.1, -0.05) is 18.2 Å². The molecule has 0 unspecified atom stereocenters. The Labute approximate surface area is 111 Å². The van der Waals surface area contributed by atoms with E-state index < -0.39 is 11.9 Å². The van der Waals surface area contributed by atoms with Crippen molar-refractivity contribution in [3.63, 3.8) is 0 Å². The number of nitrogens with zero attached hydrogens (tertiary/aromatic N) is 1. The van der Waals surface area contributed by atoms with Crippen LogP contribution >= 0.6 is 0 Å². The van der Waals surface area contributed by atoms with Crippen molar-refractivity contribution in [3.05, 3.63) is 35.9 Å². The summed E-state index contributed by atoms with van der Waals surface area (Å²) in [6.45, 7) is 0.111. The predicted molar refractivity (Wildman–Crippen MR) is 59.6 cm³/mol. The number of aromatic carboxylic acids is 1. The summed E-state index contributed by atoms with van der Waals surface area (Å²) in [6.07, 6.45) is 0.